The Labute approximate surface area is 219 Å². The van der Waals surface area contributed by atoms with E-state index < -0.39 is 39.5 Å². The Balaban J connectivity index is 1.36. The summed E-state index contributed by atoms with van der Waals surface area (Å²) in [7, 11) is -2.31. The first-order chi connectivity index (χ1) is 18.1. The molecule has 1 amide bonds. The van der Waals surface area contributed by atoms with Crippen LogP contribution in [0.15, 0.2) is 41.3 Å². The first-order valence-electron chi connectivity index (χ1n) is 11.6. The molecule has 1 fully saturated rings. The zero-order valence-electron chi connectivity index (χ0n) is 19.8. The molecule has 5 heterocycles. The third-order valence-corrected chi connectivity index (χ3v) is 9.65. The van der Waals surface area contributed by atoms with Gasteiger partial charge in [-0.2, -0.15) is 22.6 Å². The van der Waals surface area contributed by atoms with Gasteiger partial charge in [-0.05, 0) is 25.8 Å². The number of aromatic nitrogens is 6. The summed E-state index contributed by atoms with van der Waals surface area (Å²) in [5, 5.41) is 10.6. The van der Waals surface area contributed by atoms with Crippen molar-refractivity contribution in [1.29, 1.82) is 0 Å². The molecule has 15 heteroatoms. The van der Waals surface area contributed by atoms with Crippen LogP contribution in [0.5, 0.6) is 0 Å². The molecule has 4 aromatic heterocycles. The number of fused-ring (bicyclic) bond motifs is 3. The predicted molar refractivity (Wildman–Crippen MR) is 133 cm³/mol. The summed E-state index contributed by atoms with van der Waals surface area (Å²) in [5.74, 6) is -0.836. The molecule has 0 bridgehead atoms. The molecule has 4 aromatic rings. The van der Waals surface area contributed by atoms with Crippen LogP contribution in [0.1, 0.15) is 49.1 Å². The molecule has 198 valence electrons. The van der Waals surface area contributed by atoms with E-state index in [4.69, 9.17) is 11.6 Å². The van der Waals surface area contributed by atoms with Crippen molar-refractivity contribution in [2.75, 3.05) is 16.8 Å². The largest absolute Gasteiger partial charge is 0.333 e. The summed E-state index contributed by atoms with van der Waals surface area (Å²) in [6.45, 7) is -1.08. The Bertz CT molecular complexity index is 1720. The number of amides is 1. The average Bonchev–Trinajstić information content (AvgIpc) is 3.55. The number of alkyl halides is 2. The van der Waals surface area contributed by atoms with E-state index in [2.05, 4.69) is 29.8 Å². The van der Waals surface area contributed by atoms with Crippen molar-refractivity contribution in [3.63, 3.8) is 0 Å². The highest BCUT2D eigenvalue weighted by Gasteiger charge is 2.48. The molecular formula is C23H20ClF3N8O2S. The van der Waals surface area contributed by atoms with Crippen LogP contribution >= 0.6 is 11.6 Å². The number of hydrogen-bond donors (Lipinski definition) is 1. The van der Waals surface area contributed by atoms with Crippen LogP contribution in [0.3, 0.4) is 0 Å². The second-order valence-electron chi connectivity index (χ2n) is 9.52. The molecule has 0 spiro atoms. The summed E-state index contributed by atoms with van der Waals surface area (Å²) in [6, 6.07) is 2.62. The lowest BCUT2D eigenvalue weighted by Gasteiger charge is -2.24. The topological polar surface area (TPSA) is 119 Å². The standard InChI is InChI=1S/C23H20ClF3N8O2S/c1-23(12-8-30-34(11-12)22(26)27)7-14(15-10-28-18-6-17(25)32-35(18)19(15)23)21(36)31-13-5-16(24)20(29-9-13)33-38(37)3-2-4-38/h5-6,8-11,14,22H,2-4,7H2,1H3,(H,31,36)/t14-,23-/m1/s1. The van der Waals surface area contributed by atoms with Crippen molar-refractivity contribution in [3.05, 3.63) is 64.7 Å². The highest BCUT2D eigenvalue weighted by atomic mass is 35.5. The van der Waals surface area contributed by atoms with Gasteiger partial charge in [0.15, 0.2) is 11.5 Å². The predicted octanol–water partition coefficient (Wildman–Crippen LogP) is 4.44. The van der Waals surface area contributed by atoms with E-state index >= 15 is 0 Å². The normalized spacial score (nSPS) is 21.9. The number of carbonyl (C=O) groups excluding carboxylic acids is 1. The molecular weight excluding hydrogens is 545 g/mol. The smallest absolute Gasteiger partial charge is 0.324 e. The highest BCUT2D eigenvalue weighted by molar-refractivity contribution is 7.95. The minimum Gasteiger partial charge on any atom is -0.324 e. The van der Waals surface area contributed by atoms with Gasteiger partial charge in [0.1, 0.15) is 0 Å². The molecule has 6 rings (SSSR count). The fourth-order valence-electron chi connectivity index (χ4n) is 5.00. The van der Waals surface area contributed by atoms with Gasteiger partial charge in [-0.25, -0.2) is 23.4 Å². The number of anilines is 1. The number of hydrogen-bond acceptors (Lipinski definition) is 7. The zero-order chi connectivity index (χ0) is 26.8. The molecule has 1 aliphatic carbocycles. The van der Waals surface area contributed by atoms with Crippen LogP contribution in [0.2, 0.25) is 5.02 Å². The van der Waals surface area contributed by atoms with Crippen LogP contribution in [-0.2, 0) is 19.9 Å². The number of halogens is 4. The van der Waals surface area contributed by atoms with Gasteiger partial charge in [0.25, 0.3) is 0 Å². The molecule has 2 atom stereocenters. The lowest BCUT2D eigenvalue weighted by atomic mass is 9.80. The van der Waals surface area contributed by atoms with Gasteiger partial charge in [-0.15, -0.1) is 5.10 Å². The fourth-order valence-corrected chi connectivity index (χ4v) is 6.68. The Morgan fingerprint density at radius 2 is 2.05 bits per heavy atom. The summed E-state index contributed by atoms with van der Waals surface area (Å²) in [5.41, 5.74) is 0.833. The van der Waals surface area contributed by atoms with E-state index in [9.17, 15) is 22.2 Å². The number of rotatable bonds is 5. The molecule has 1 N–H and O–H groups in total. The number of carbonyl (C=O) groups is 1. The molecule has 0 saturated carbocycles. The van der Waals surface area contributed by atoms with Crippen molar-refractivity contribution in [2.45, 2.75) is 37.6 Å². The van der Waals surface area contributed by atoms with Gasteiger partial charge in [0.2, 0.25) is 11.9 Å². The molecule has 0 unspecified atom stereocenters. The third-order valence-electron chi connectivity index (χ3n) is 7.02. The molecule has 38 heavy (non-hydrogen) atoms. The van der Waals surface area contributed by atoms with E-state index in [1.165, 1.54) is 35.4 Å². The van der Waals surface area contributed by atoms with Crippen LogP contribution in [-0.4, -0.2) is 51.0 Å². The molecule has 1 saturated heterocycles. The van der Waals surface area contributed by atoms with Crippen molar-refractivity contribution < 1.29 is 22.2 Å². The van der Waals surface area contributed by atoms with Crippen molar-refractivity contribution in [3.8, 4) is 0 Å². The van der Waals surface area contributed by atoms with Gasteiger partial charge < -0.3 is 5.32 Å². The van der Waals surface area contributed by atoms with Gasteiger partial charge in [-0.1, -0.05) is 11.6 Å². The van der Waals surface area contributed by atoms with E-state index in [1.54, 1.807) is 6.92 Å². The first kappa shape index (κ1) is 24.8. The maximum atomic E-state index is 14.1. The summed E-state index contributed by atoms with van der Waals surface area (Å²) < 4.78 is 59.1. The van der Waals surface area contributed by atoms with Crippen molar-refractivity contribution >= 4 is 44.4 Å². The van der Waals surface area contributed by atoms with Gasteiger partial charge in [0.05, 0.1) is 44.4 Å². The maximum Gasteiger partial charge on any atom is 0.333 e. The number of nitrogens with zero attached hydrogens (tertiary/aromatic N) is 7. The van der Waals surface area contributed by atoms with Crippen molar-refractivity contribution in [2.24, 2.45) is 4.36 Å². The monoisotopic (exact) mass is 564 g/mol. The Morgan fingerprint density at radius 3 is 2.71 bits per heavy atom. The third kappa shape index (κ3) is 4.02. The minimum absolute atomic E-state index is 0.142. The van der Waals surface area contributed by atoms with Crippen molar-refractivity contribution in [1.82, 2.24) is 29.4 Å². The maximum absolute atomic E-state index is 14.1. The van der Waals surface area contributed by atoms with Crippen LogP contribution < -0.4 is 5.32 Å². The SMILES string of the molecule is C[C@]1(c2cnn(C(F)F)c2)C[C@@H](C(=O)Nc2cnc(N=S3(=O)CCC3)c(Cl)c2)c2cnc3cc(F)nn3c21. The first-order valence-corrected chi connectivity index (χ1v) is 13.9. The van der Waals surface area contributed by atoms with Gasteiger partial charge in [0, 0.05) is 46.5 Å². The Hall–Kier alpha value is -3.52. The van der Waals surface area contributed by atoms with Gasteiger partial charge in [-0.3, -0.25) is 4.79 Å². The van der Waals surface area contributed by atoms with E-state index in [0.717, 1.165) is 12.5 Å². The molecule has 2 aliphatic rings. The number of nitrogens with one attached hydrogen (secondary N) is 1. The van der Waals surface area contributed by atoms with Gasteiger partial charge >= 0.3 is 6.55 Å². The lowest BCUT2D eigenvalue weighted by Crippen LogP contribution is -2.25. The Morgan fingerprint density at radius 1 is 1.26 bits per heavy atom. The second kappa shape index (κ2) is 8.76. The summed E-state index contributed by atoms with van der Waals surface area (Å²) in [6.07, 6.45) is 6.35. The zero-order valence-corrected chi connectivity index (χ0v) is 21.4. The minimum atomic E-state index is -2.85. The quantitative estimate of drug-likeness (QED) is 0.383. The molecule has 10 nitrogen and oxygen atoms in total. The summed E-state index contributed by atoms with van der Waals surface area (Å²) >= 11 is 6.30. The average molecular weight is 565 g/mol. The Kier molecular flexibility index (Phi) is 5.72. The summed E-state index contributed by atoms with van der Waals surface area (Å²) in [4.78, 5) is 21.9. The molecule has 0 radical (unpaired) electrons. The highest BCUT2D eigenvalue weighted by Crippen LogP contribution is 2.50. The second-order valence-corrected chi connectivity index (χ2v) is 12.5. The van der Waals surface area contributed by atoms with Crippen LogP contribution in [0, 0.1) is 5.95 Å². The van der Waals surface area contributed by atoms with Crippen LogP contribution in [0.4, 0.5) is 24.7 Å². The number of pyridine rings is 1. The fraction of sp³-hybridized carbons (Fsp3) is 0.348. The van der Waals surface area contributed by atoms with E-state index in [0.29, 0.717) is 38.7 Å². The van der Waals surface area contributed by atoms with E-state index in [1.807, 2.05) is 0 Å². The van der Waals surface area contributed by atoms with E-state index in [-0.39, 0.29) is 22.9 Å². The molecule has 0 aromatic carbocycles. The van der Waals surface area contributed by atoms with Crippen LogP contribution in [0.25, 0.3) is 5.65 Å². The molecule has 1 aliphatic heterocycles. The lowest BCUT2D eigenvalue weighted by molar-refractivity contribution is -0.117.